The lowest BCUT2D eigenvalue weighted by molar-refractivity contribution is 0.400. The highest BCUT2D eigenvalue weighted by atomic mass is 16.5. The highest BCUT2D eigenvalue weighted by Gasteiger charge is 2.23. The van der Waals surface area contributed by atoms with Crippen molar-refractivity contribution in [1.29, 1.82) is 0 Å². The first-order valence-electron chi connectivity index (χ1n) is 5.89. The number of hydrogen-bond donors (Lipinski definition) is 1. The van der Waals surface area contributed by atoms with Crippen LogP contribution in [-0.4, -0.2) is 26.4 Å². The summed E-state index contributed by atoms with van der Waals surface area (Å²) in [6.45, 7) is 4.12. The molecule has 2 heterocycles. The second-order valence-electron chi connectivity index (χ2n) is 4.54. The molecule has 6 heteroatoms. The Kier molecular flexibility index (Phi) is 3.38. The molecule has 0 fully saturated rings. The summed E-state index contributed by atoms with van der Waals surface area (Å²) >= 11 is 0. The van der Waals surface area contributed by atoms with Crippen molar-refractivity contribution in [3.63, 3.8) is 0 Å². The Labute approximate surface area is 106 Å². The van der Waals surface area contributed by atoms with Gasteiger partial charge in [-0.2, -0.15) is 5.10 Å². The highest BCUT2D eigenvalue weighted by molar-refractivity contribution is 5.33. The van der Waals surface area contributed by atoms with Crippen LogP contribution >= 0.6 is 0 Å². The molecule has 0 aliphatic heterocycles. The second kappa shape index (κ2) is 4.81. The van der Waals surface area contributed by atoms with Crippen LogP contribution in [0.15, 0.2) is 18.7 Å². The van der Waals surface area contributed by atoms with Crippen LogP contribution in [0.25, 0.3) is 0 Å². The molecule has 1 unspecified atom stereocenters. The highest BCUT2D eigenvalue weighted by Crippen LogP contribution is 2.29. The Bertz CT molecular complexity index is 528. The van der Waals surface area contributed by atoms with Gasteiger partial charge in [-0.05, 0) is 13.8 Å². The van der Waals surface area contributed by atoms with Crippen LogP contribution in [0.4, 0.5) is 0 Å². The van der Waals surface area contributed by atoms with Gasteiger partial charge in [-0.15, -0.1) is 0 Å². The molecule has 18 heavy (non-hydrogen) atoms. The van der Waals surface area contributed by atoms with Gasteiger partial charge in [0.25, 0.3) is 0 Å². The minimum Gasteiger partial charge on any atom is -0.493 e. The standard InChI is InChI=1S/C12H19N5O/c1-8(2)17-12(10(18-4)6-15-17)11(13)9-5-14-7-16(9)3/h5-8,11H,13H2,1-4H3. The minimum atomic E-state index is -0.308. The number of methoxy groups -OCH3 is 1. The summed E-state index contributed by atoms with van der Waals surface area (Å²) < 4.78 is 9.13. The fraction of sp³-hybridized carbons (Fsp3) is 0.500. The van der Waals surface area contributed by atoms with Crippen LogP contribution in [0.2, 0.25) is 0 Å². The molecule has 2 rings (SSSR count). The maximum Gasteiger partial charge on any atom is 0.161 e. The average Bonchev–Trinajstić information content (AvgIpc) is 2.93. The zero-order valence-corrected chi connectivity index (χ0v) is 11.2. The number of hydrogen-bond acceptors (Lipinski definition) is 4. The molecule has 2 aromatic rings. The van der Waals surface area contributed by atoms with Crippen LogP contribution < -0.4 is 10.5 Å². The first kappa shape index (κ1) is 12.6. The molecule has 0 radical (unpaired) electrons. The van der Waals surface area contributed by atoms with Gasteiger partial charge in [0.1, 0.15) is 5.69 Å². The zero-order chi connectivity index (χ0) is 13.3. The first-order chi connectivity index (χ1) is 8.56. The number of imidazole rings is 1. The van der Waals surface area contributed by atoms with Gasteiger partial charge < -0.3 is 15.0 Å². The molecule has 0 saturated heterocycles. The molecule has 2 aromatic heterocycles. The van der Waals surface area contributed by atoms with Gasteiger partial charge in [0.15, 0.2) is 5.75 Å². The quantitative estimate of drug-likeness (QED) is 0.885. The fourth-order valence-corrected chi connectivity index (χ4v) is 2.03. The number of rotatable bonds is 4. The van der Waals surface area contributed by atoms with Crippen molar-refractivity contribution in [2.24, 2.45) is 12.8 Å². The van der Waals surface area contributed by atoms with Crippen LogP contribution in [-0.2, 0) is 7.05 Å². The maximum absolute atomic E-state index is 6.32. The van der Waals surface area contributed by atoms with Crippen LogP contribution in [0, 0.1) is 0 Å². The van der Waals surface area contributed by atoms with E-state index >= 15 is 0 Å². The van der Waals surface area contributed by atoms with E-state index in [1.165, 1.54) is 0 Å². The fourth-order valence-electron chi connectivity index (χ4n) is 2.03. The van der Waals surface area contributed by atoms with Crippen molar-refractivity contribution in [2.45, 2.75) is 25.9 Å². The molecular weight excluding hydrogens is 230 g/mol. The zero-order valence-electron chi connectivity index (χ0n) is 11.2. The van der Waals surface area contributed by atoms with Crippen molar-refractivity contribution in [2.75, 3.05) is 7.11 Å². The lowest BCUT2D eigenvalue weighted by atomic mass is 10.1. The number of aryl methyl sites for hydroxylation is 1. The first-order valence-corrected chi connectivity index (χ1v) is 5.89. The molecule has 0 bridgehead atoms. The molecule has 1 atom stereocenters. The number of ether oxygens (including phenoxy) is 1. The molecule has 6 nitrogen and oxygen atoms in total. The van der Waals surface area contributed by atoms with Gasteiger partial charge in [-0.3, -0.25) is 4.68 Å². The topological polar surface area (TPSA) is 70.9 Å². The monoisotopic (exact) mass is 249 g/mol. The Hall–Kier alpha value is -1.82. The third-order valence-electron chi connectivity index (χ3n) is 2.97. The van der Waals surface area contributed by atoms with Crippen LogP contribution in [0.5, 0.6) is 5.75 Å². The molecule has 0 aliphatic rings. The Morgan fingerprint density at radius 1 is 1.33 bits per heavy atom. The lowest BCUT2D eigenvalue weighted by Gasteiger charge is -2.18. The van der Waals surface area contributed by atoms with Crippen molar-refractivity contribution >= 4 is 0 Å². The van der Waals surface area contributed by atoms with Crippen molar-refractivity contribution < 1.29 is 4.74 Å². The van der Waals surface area contributed by atoms with E-state index in [2.05, 4.69) is 23.9 Å². The predicted molar refractivity (Wildman–Crippen MR) is 68.4 cm³/mol. The summed E-state index contributed by atoms with van der Waals surface area (Å²) in [6, 6.07) is -0.0828. The van der Waals surface area contributed by atoms with Crippen molar-refractivity contribution in [1.82, 2.24) is 19.3 Å². The number of nitrogens with two attached hydrogens (primary N) is 1. The molecular formula is C12H19N5O. The van der Waals surface area contributed by atoms with Gasteiger partial charge in [0, 0.05) is 13.1 Å². The third kappa shape index (κ3) is 1.99. The normalized spacial score (nSPS) is 13.0. The van der Waals surface area contributed by atoms with Gasteiger partial charge in [-0.25, -0.2) is 4.98 Å². The van der Waals surface area contributed by atoms with E-state index in [0.29, 0.717) is 5.75 Å². The van der Waals surface area contributed by atoms with Gasteiger partial charge in [0.05, 0.1) is 37.6 Å². The number of nitrogens with zero attached hydrogens (tertiary/aromatic N) is 4. The smallest absolute Gasteiger partial charge is 0.161 e. The molecule has 0 saturated carbocycles. The molecule has 0 spiro atoms. The van der Waals surface area contributed by atoms with Crippen LogP contribution in [0.1, 0.15) is 37.3 Å². The van der Waals surface area contributed by atoms with E-state index in [4.69, 9.17) is 10.5 Å². The SMILES string of the molecule is COc1cnn(C(C)C)c1C(N)c1cncn1C. The van der Waals surface area contributed by atoms with E-state index in [0.717, 1.165) is 11.4 Å². The molecule has 2 N–H and O–H groups in total. The van der Waals surface area contributed by atoms with Gasteiger partial charge in [0.2, 0.25) is 0 Å². The second-order valence-corrected chi connectivity index (χ2v) is 4.54. The summed E-state index contributed by atoms with van der Waals surface area (Å²) in [5, 5.41) is 4.33. The summed E-state index contributed by atoms with van der Waals surface area (Å²) in [5.41, 5.74) is 8.12. The van der Waals surface area contributed by atoms with E-state index in [-0.39, 0.29) is 12.1 Å². The lowest BCUT2D eigenvalue weighted by Crippen LogP contribution is -2.21. The summed E-state index contributed by atoms with van der Waals surface area (Å²) in [6.07, 6.45) is 5.20. The van der Waals surface area contributed by atoms with Gasteiger partial charge >= 0.3 is 0 Å². The van der Waals surface area contributed by atoms with Crippen molar-refractivity contribution in [3.8, 4) is 5.75 Å². The molecule has 98 valence electrons. The Morgan fingerprint density at radius 2 is 2.06 bits per heavy atom. The van der Waals surface area contributed by atoms with E-state index in [1.54, 1.807) is 25.8 Å². The van der Waals surface area contributed by atoms with Gasteiger partial charge in [-0.1, -0.05) is 0 Å². The van der Waals surface area contributed by atoms with Crippen LogP contribution in [0.3, 0.4) is 0 Å². The maximum atomic E-state index is 6.32. The Morgan fingerprint density at radius 3 is 2.56 bits per heavy atom. The summed E-state index contributed by atoms with van der Waals surface area (Å²) in [7, 11) is 3.55. The molecule has 0 aromatic carbocycles. The predicted octanol–water partition coefficient (Wildman–Crippen LogP) is 1.25. The largest absolute Gasteiger partial charge is 0.493 e. The summed E-state index contributed by atoms with van der Waals surface area (Å²) in [5.74, 6) is 0.706. The molecule has 0 amide bonds. The van der Waals surface area contributed by atoms with E-state index in [9.17, 15) is 0 Å². The number of aromatic nitrogens is 4. The molecule has 0 aliphatic carbocycles. The third-order valence-corrected chi connectivity index (χ3v) is 2.97. The van der Waals surface area contributed by atoms with E-state index < -0.39 is 0 Å². The summed E-state index contributed by atoms with van der Waals surface area (Å²) in [4.78, 5) is 4.10. The minimum absolute atomic E-state index is 0.225. The van der Waals surface area contributed by atoms with Crippen molar-refractivity contribution in [3.05, 3.63) is 30.1 Å². The average molecular weight is 249 g/mol. The van der Waals surface area contributed by atoms with E-state index in [1.807, 2.05) is 16.3 Å². The Balaban J connectivity index is 2.49.